The minimum absolute atomic E-state index is 0.161. The molecule has 0 fully saturated rings. The van der Waals surface area contributed by atoms with E-state index in [-0.39, 0.29) is 18.5 Å². The van der Waals surface area contributed by atoms with Gasteiger partial charge in [-0.25, -0.2) is 0 Å². The number of rotatable bonds is 3. The van der Waals surface area contributed by atoms with Crippen LogP contribution in [0.15, 0.2) is 22.7 Å². The highest BCUT2D eigenvalue weighted by Crippen LogP contribution is 2.36. The Balaban J connectivity index is 2.12. The van der Waals surface area contributed by atoms with Crippen molar-refractivity contribution >= 4 is 21.9 Å². The van der Waals surface area contributed by atoms with Crippen LogP contribution in [-0.4, -0.2) is 12.6 Å². The molecule has 86 valence electrons. The van der Waals surface area contributed by atoms with Gasteiger partial charge in [0.25, 0.3) is 0 Å². The Morgan fingerprint density at radius 2 is 2.44 bits per heavy atom. The van der Waals surface area contributed by atoms with Crippen LogP contribution in [0.1, 0.15) is 30.6 Å². The SMILES string of the molecule is CCOC(=O)C[C@H]1OCc2c(Br)cccc21. The smallest absolute Gasteiger partial charge is 0.308 e. The van der Waals surface area contributed by atoms with E-state index < -0.39 is 0 Å². The van der Waals surface area contributed by atoms with Crippen molar-refractivity contribution in [2.75, 3.05) is 6.61 Å². The number of carbonyl (C=O) groups excluding carboxylic acids is 1. The third-order valence-electron chi connectivity index (χ3n) is 2.59. The van der Waals surface area contributed by atoms with Crippen LogP contribution >= 0.6 is 15.9 Å². The van der Waals surface area contributed by atoms with Crippen molar-refractivity contribution < 1.29 is 14.3 Å². The molecule has 0 N–H and O–H groups in total. The van der Waals surface area contributed by atoms with Crippen LogP contribution in [0, 0.1) is 0 Å². The Bertz CT molecular complexity index is 403. The third-order valence-corrected chi connectivity index (χ3v) is 3.33. The fourth-order valence-electron chi connectivity index (χ4n) is 1.84. The maximum atomic E-state index is 11.4. The predicted octanol–water partition coefficient (Wildman–Crippen LogP) is 2.97. The predicted molar refractivity (Wildman–Crippen MR) is 62.9 cm³/mol. The Kier molecular flexibility index (Phi) is 3.61. The topological polar surface area (TPSA) is 35.5 Å². The summed E-state index contributed by atoms with van der Waals surface area (Å²) in [7, 11) is 0. The fourth-order valence-corrected chi connectivity index (χ4v) is 2.34. The molecule has 2 rings (SSSR count). The molecule has 1 atom stereocenters. The molecule has 0 unspecified atom stereocenters. The average Bonchev–Trinajstić information content (AvgIpc) is 2.64. The summed E-state index contributed by atoms with van der Waals surface area (Å²) in [5.41, 5.74) is 2.22. The Morgan fingerprint density at radius 3 is 3.19 bits per heavy atom. The van der Waals surface area contributed by atoms with Gasteiger partial charge in [-0.1, -0.05) is 28.1 Å². The van der Waals surface area contributed by atoms with E-state index >= 15 is 0 Å². The van der Waals surface area contributed by atoms with E-state index in [1.54, 1.807) is 6.92 Å². The van der Waals surface area contributed by atoms with Gasteiger partial charge in [0.2, 0.25) is 0 Å². The first kappa shape index (κ1) is 11.6. The van der Waals surface area contributed by atoms with Gasteiger partial charge in [-0.15, -0.1) is 0 Å². The number of hydrogen-bond acceptors (Lipinski definition) is 3. The molecule has 0 aliphatic carbocycles. The summed E-state index contributed by atoms with van der Waals surface area (Å²) in [6.07, 6.45) is 0.128. The molecule has 1 heterocycles. The summed E-state index contributed by atoms with van der Waals surface area (Å²) >= 11 is 3.48. The van der Waals surface area contributed by atoms with Gasteiger partial charge in [0, 0.05) is 4.47 Å². The largest absolute Gasteiger partial charge is 0.466 e. The Hall–Kier alpha value is -0.870. The first-order valence-electron chi connectivity index (χ1n) is 5.27. The van der Waals surface area contributed by atoms with Gasteiger partial charge in [0.05, 0.1) is 25.7 Å². The van der Waals surface area contributed by atoms with Gasteiger partial charge >= 0.3 is 5.97 Å². The first-order chi connectivity index (χ1) is 7.72. The maximum Gasteiger partial charge on any atom is 0.308 e. The minimum Gasteiger partial charge on any atom is -0.466 e. The molecule has 0 bridgehead atoms. The van der Waals surface area contributed by atoms with Crippen molar-refractivity contribution in [3.63, 3.8) is 0 Å². The standard InChI is InChI=1S/C12H13BrO3/c1-2-15-12(14)6-11-8-4-3-5-10(13)9(8)7-16-11/h3-5,11H,2,6-7H2,1H3/t11-/m1/s1. The lowest BCUT2D eigenvalue weighted by atomic mass is 10.0. The minimum atomic E-state index is -0.208. The molecule has 0 amide bonds. The van der Waals surface area contributed by atoms with Gasteiger partial charge in [-0.05, 0) is 24.1 Å². The van der Waals surface area contributed by atoms with Crippen molar-refractivity contribution in [1.82, 2.24) is 0 Å². The molecule has 3 nitrogen and oxygen atoms in total. The van der Waals surface area contributed by atoms with Gasteiger partial charge in [0.1, 0.15) is 0 Å². The van der Waals surface area contributed by atoms with Gasteiger partial charge in [0.15, 0.2) is 0 Å². The molecule has 0 saturated heterocycles. The maximum absolute atomic E-state index is 11.4. The van der Waals surface area contributed by atoms with Crippen molar-refractivity contribution in [2.24, 2.45) is 0 Å². The van der Waals surface area contributed by atoms with Crippen molar-refractivity contribution in [2.45, 2.75) is 26.1 Å². The van der Waals surface area contributed by atoms with Crippen LogP contribution < -0.4 is 0 Å². The summed E-state index contributed by atoms with van der Waals surface area (Å²) in [4.78, 5) is 11.4. The zero-order valence-electron chi connectivity index (χ0n) is 9.03. The van der Waals surface area contributed by atoms with Crippen LogP contribution in [0.2, 0.25) is 0 Å². The average molecular weight is 285 g/mol. The van der Waals surface area contributed by atoms with Gasteiger partial charge in [-0.2, -0.15) is 0 Å². The molecule has 1 aliphatic rings. The molecular weight excluding hydrogens is 272 g/mol. The third kappa shape index (κ3) is 2.28. The number of hydrogen-bond donors (Lipinski definition) is 0. The molecule has 4 heteroatoms. The second-order valence-corrected chi connectivity index (χ2v) is 4.47. The molecule has 0 radical (unpaired) electrons. The van der Waals surface area contributed by atoms with Gasteiger partial charge in [-0.3, -0.25) is 4.79 Å². The van der Waals surface area contributed by atoms with E-state index in [1.807, 2.05) is 18.2 Å². The monoisotopic (exact) mass is 284 g/mol. The van der Waals surface area contributed by atoms with E-state index in [9.17, 15) is 4.79 Å². The summed E-state index contributed by atoms with van der Waals surface area (Å²) in [6, 6.07) is 5.93. The summed E-state index contributed by atoms with van der Waals surface area (Å²) < 4.78 is 11.5. The van der Waals surface area contributed by atoms with Crippen LogP contribution in [0.25, 0.3) is 0 Å². The molecule has 1 aliphatic heterocycles. The molecule has 0 spiro atoms. The van der Waals surface area contributed by atoms with E-state index in [0.717, 1.165) is 15.6 Å². The lowest BCUT2D eigenvalue weighted by Crippen LogP contribution is -2.09. The number of carbonyl (C=O) groups is 1. The highest BCUT2D eigenvalue weighted by Gasteiger charge is 2.27. The first-order valence-corrected chi connectivity index (χ1v) is 6.06. The van der Waals surface area contributed by atoms with E-state index in [1.165, 1.54) is 0 Å². The highest BCUT2D eigenvalue weighted by atomic mass is 79.9. The van der Waals surface area contributed by atoms with Gasteiger partial charge < -0.3 is 9.47 Å². The second-order valence-electron chi connectivity index (χ2n) is 3.62. The molecule has 1 aromatic carbocycles. The number of ether oxygens (including phenoxy) is 2. The zero-order chi connectivity index (χ0) is 11.5. The summed E-state index contributed by atoms with van der Waals surface area (Å²) in [5.74, 6) is -0.208. The number of fused-ring (bicyclic) bond motifs is 1. The summed E-state index contributed by atoms with van der Waals surface area (Å²) in [6.45, 7) is 2.77. The molecule has 16 heavy (non-hydrogen) atoms. The molecule has 0 aromatic heterocycles. The Labute approximate surface area is 103 Å². The van der Waals surface area contributed by atoms with E-state index in [2.05, 4.69) is 15.9 Å². The quantitative estimate of drug-likeness (QED) is 0.801. The van der Waals surface area contributed by atoms with Crippen LogP contribution in [0.4, 0.5) is 0 Å². The number of benzene rings is 1. The number of esters is 1. The fraction of sp³-hybridized carbons (Fsp3) is 0.417. The van der Waals surface area contributed by atoms with Crippen molar-refractivity contribution in [1.29, 1.82) is 0 Å². The molecular formula is C12H13BrO3. The van der Waals surface area contributed by atoms with Crippen LogP contribution in [0.5, 0.6) is 0 Å². The Morgan fingerprint density at radius 1 is 1.62 bits per heavy atom. The highest BCUT2D eigenvalue weighted by molar-refractivity contribution is 9.10. The van der Waals surface area contributed by atoms with E-state index in [0.29, 0.717) is 13.2 Å². The zero-order valence-corrected chi connectivity index (χ0v) is 10.6. The normalized spacial score (nSPS) is 18.2. The lowest BCUT2D eigenvalue weighted by molar-refractivity contribution is -0.146. The second kappa shape index (κ2) is 4.97. The number of halogens is 1. The van der Waals surface area contributed by atoms with Crippen molar-refractivity contribution in [3.8, 4) is 0 Å². The van der Waals surface area contributed by atoms with Crippen LogP contribution in [-0.2, 0) is 20.9 Å². The summed E-state index contributed by atoms with van der Waals surface area (Å²) in [5, 5.41) is 0. The van der Waals surface area contributed by atoms with Crippen molar-refractivity contribution in [3.05, 3.63) is 33.8 Å². The lowest BCUT2D eigenvalue weighted by Gasteiger charge is -2.10. The molecule has 0 saturated carbocycles. The molecule has 1 aromatic rings. The van der Waals surface area contributed by atoms with E-state index in [4.69, 9.17) is 9.47 Å². The van der Waals surface area contributed by atoms with Crippen LogP contribution in [0.3, 0.4) is 0 Å².